The first-order chi connectivity index (χ1) is 13.5. The van der Waals surface area contributed by atoms with E-state index in [0.717, 1.165) is 24.6 Å². The molecule has 2 heterocycles. The summed E-state index contributed by atoms with van der Waals surface area (Å²) in [5.74, 6) is -1.19. The summed E-state index contributed by atoms with van der Waals surface area (Å²) in [6.45, 7) is 4.02. The van der Waals surface area contributed by atoms with Crippen LogP contribution in [0, 0.1) is 11.6 Å². The van der Waals surface area contributed by atoms with Crippen molar-refractivity contribution < 1.29 is 23.1 Å². The molecule has 154 valence electrons. The zero-order chi connectivity index (χ0) is 20.1. The second-order valence-corrected chi connectivity index (χ2v) is 7.05. The van der Waals surface area contributed by atoms with Crippen LogP contribution in [-0.4, -0.2) is 85.7 Å². The van der Waals surface area contributed by atoms with Gasteiger partial charge in [0, 0.05) is 52.4 Å². The number of halogens is 2. The second-order valence-electron chi connectivity index (χ2n) is 7.05. The summed E-state index contributed by atoms with van der Waals surface area (Å²) in [7, 11) is 1.61. The zero-order valence-electron chi connectivity index (χ0n) is 16.0. The van der Waals surface area contributed by atoms with Crippen molar-refractivity contribution in [2.45, 2.75) is 18.9 Å². The van der Waals surface area contributed by atoms with Gasteiger partial charge in [-0.1, -0.05) is 0 Å². The van der Waals surface area contributed by atoms with Crippen LogP contribution >= 0.6 is 0 Å². The summed E-state index contributed by atoms with van der Waals surface area (Å²) in [6.07, 6.45) is 1.48. The van der Waals surface area contributed by atoms with E-state index in [1.54, 1.807) is 12.0 Å². The first-order valence-electron chi connectivity index (χ1n) is 9.52. The molecule has 2 fully saturated rings. The Balaban J connectivity index is 1.55. The van der Waals surface area contributed by atoms with Crippen molar-refractivity contribution in [1.82, 2.24) is 14.7 Å². The van der Waals surface area contributed by atoms with Gasteiger partial charge in [-0.25, -0.2) is 13.6 Å². The monoisotopic (exact) mass is 396 g/mol. The van der Waals surface area contributed by atoms with Gasteiger partial charge in [0.2, 0.25) is 5.91 Å². The molecule has 0 unspecified atom stereocenters. The van der Waals surface area contributed by atoms with E-state index in [2.05, 4.69) is 10.2 Å². The molecule has 9 heteroatoms. The van der Waals surface area contributed by atoms with Crippen molar-refractivity contribution in [3.8, 4) is 0 Å². The topological polar surface area (TPSA) is 65.1 Å². The van der Waals surface area contributed by atoms with Crippen molar-refractivity contribution in [2.24, 2.45) is 0 Å². The SMILES string of the molecule is COCCN1CC[C@H](N2CCCN(C(=O)Nc3cc(F)ccc3F)CC2)C1=O. The number of carbonyl (C=O) groups excluding carboxylic acids is 2. The van der Waals surface area contributed by atoms with E-state index in [-0.39, 0.29) is 17.6 Å². The van der Waals surface area contributed by atoms with Crippen molar-refractivity contribution in [3.63, 3.8) is 0 Å². The van der Waals surface area contributed by atoms with Crippen LogP contribution in [0.3, 0.4) is 0 Å². The standard InChI is InChI=1S/C19H26F2N4O3/c1-28-12-11-24-8-5-17(18(24)26)23-6-2-7-25(10-9-23)19(27)22-16-13-14(20)3-4-15(16)21/h3-4,13,17H,2,5-12H2,1H3,(H,22,27)/t17-/m0/s1. The highest BCUT2D eigenvalue weighted by Gasteiger charge is 2.36. The lowest BCUT2D eigenvalue weighted by Gasteiger charge is -2.26. The molecule has 0 aliphatic carbocycles. The number of nitrogens with one attached hydrogen (secondary N) is 1. The van der Waals surface area contributed by atoms with Gasteiger partial charge in [-0.15, -0.1) is 0 Å². The minimum atomic E-state index is -0.682. The Kier molecular flexibility index (Phi) is 6.79. The quantitative estimate of drug-likeness (QED) is 0.824. The third-order valence-corrected chi connectivity index (χ3v) is 5.26. The van der Waals surface area contributed by atoms with Crippen LogP contribution in [0.15, 0.2) is 18.2 Å². The molecule has 3 rings (SSSR count). The average Bonchev–Trinajstić information content (AvgIpc) is 2.88. The van der Waals surface area contributed by atoms with Crippen LogP contribution in [0.1, 0.15) is 12.8 Å². The number of methoxy groups -OCH3 is 1. The fourth-order valence-corrected chi connectivity index (χ4v) is 3.72. The van der Waals surface area contributed by atoms with Gasteiger partial charge in [0.15, 0.2) is 0 Å². The number of amides is 3. The van der Waals surface area contributed by atoms with Crippen LogP contribution in [0.5, 0.6) is 0 Å². The highest BCUT2D eigenvalue weighted by atomic mass is 19.1. The summed E-state index contributed by atoms with van der Waals surface area (Å²) in [4.78, 5) is 30.6. The van der Waals surface area contributed by atoms with Crippen molar-refractivity contribution >= 4 is 17.6 Å². The Morgan fingerprint density at radius 1 is 1.21 bits per heavy atom. The van der Waals surface area contributed by atoms with Gasteiger partial charge in [-0.2, -0.15) is 0 Å². The summed E-state index contributed by atoms with van der Waals surface area (Å²) < 4.78 is 32.1. The third-order valence-electron chi connectivity index (χ3n) is 5.26. The number of anilines is 1. The van der Waals surface area contributed by atoms with Gasteiger partial charge < -0.3 is 19.9 Å². The summed E-state index contributed by atoms with van der Waals surface area (Å²) in [5, 5.41) is 2.44. The van der Waals surface area contributed by atoms with Crippen LogP contribution < -0.4 is 5.32 Å². The van der Waals surface area contributed by atoms with Crippen LogP contribution in [0.25, 0.3) is 0 Å². The van der Waals surface area contributed by atoms with Gasteiger partial charge in [-0.05, 0) is 25.0 Å². The van der Waals surface area contributed by atoms with E-state index in [9.17, 15) is 18.4 Å². The predicted octanol–water partition coefficient (Wildman–Crippen LogP) is 1.75. The fraction of sp³-hybridized carbons (Fsp3) is 0.579. The smallest absolute Gasteiger partial charge is 0.321 e. The lowest BCUT2D eigenvalue weighted by molar-refractivity contribution is -0.132. The molecule has 1 aromatic rings. The van der Waals surface area contributed by atoms with Crippen LogP contribution in [-0.2, 0) is 9.53 Å². The summed E-state index contributed by atoms with van der Waals surface area (Å²) in [6, 6.07) is 2.31. The molecule has 0 spiro atoms. The summed E-state index contributed by atoms with van der Waals surface area (Å²) in [5.41, 5.74) is -0.175. The molecule has 3 amide bonds. The number of carbonyl (C=O) groups is 2. The third kappa shape index (κ3) is 4.77. The van der Waals surface area contributed by atoms with Crippen LogP contribution in [0.2, 0.25) is 0 Å². The van der Waals surface area contributed by atoms with E-state index in [0.29, 0.717) is 52.3 Å². The molecule has 0 saturated carbocycles. The minimum Gasteiger partial charge on any atom is -0.383 e. The van der Waals surface area contributed by atoms with Crippen molar-refractivity contribution in [3.05, 3.63) is 29.8 Å². The second kappa shape index (κ2) is 9.29. The molecule has 1 N–H and O–H groups in total. The molecule has 1 aromatic carbocycles. The molecule has 2 aliphatic rings. The maximum Gasteiger partial charge on any atom is 0.321 e. The van der Waals surface area contributed by atoms with Gasteiger partial charge in [-0.3, -0.25) is 9.69 Å². The fourth-order valence-electron chi connectivity index (χ4n) is 3.72. The molecule has 1 atom stereocenters. The molecule has 0 aromatic heterocycles. The highest BCUT2D eigenvalue weighted by molar-refractivity contribution is 5.89. The van der Waals surface area contributed by atoms with Gasteiger partial charge in [0.25, 0.3) is 0 Å². The van der Waals surface area contributed by atoms with Gasteiger partial charge in [0.1, 0.15) is 11.6 Å². The average molecular weight is 396 g/mol. The highest BCUT2D eigenvalue weighted by Crippen LogP contribution is 2.20. The van der Waals surface area contributed by atoms with Crippen molar-refractivity contribution in [1.29, 1.82) is 0 Å². The number of rotatable bonds is 5. The van der Waals surface area contributed by atoms with Crippen LogP contribution in [0.4, 0.5) is 19.3 Å². The maximum absolute atomic E-state index is 13.8. The van der Waals surface area contributed by atoms with E-state index < -0.39 is 17.7 Å². The molecule has 28 heavy (non-hydrogen) atoms. The lowest BCUT2D eigenvalue weighted by atomic mass is 10.2. The van der Waals surface area contributed by atoms with E-state index in [1.165, 1.54) is 0 Å². The van der Waals surface area contributed by atoms with E-state index in [4.69, 9.17) is 4.74 Å². The Morgan fingerprint density at radius 2 is 2.04 bits per heavy atom. The van der Waals surface area contributed by atoms with E-state index in [1.807, 2.05) is 4.90 Å². The number of hydrogen-bond acceptors (Lipinski definition) is 4. The zero-order valence-corrected chi connectivity index (χ0v) is 16.0. The maximum atomic E-state index is 13.8. The van der Waals surface area contributed by atoms with Gasteiger partial charge in [0.05, 0.1) is 18.3 Å². The largest absolute Gasteiger partial charge is 0.383 e. The minimum absolute atomic E-state index is 0.108. The Morgan fingerprint density at radius 3 is 2.82 bits per heavy atom. The molecule has 2 saturated heterocycles. The Labute approximate surface area is 163 Å². The normalized spacial score (nSPS) is 21.1. The Bertz CT molecular complexity index is 718. The Hall–Kier alpha value is -2.26. The number of nitrogens with zero attached hydrogens (tertiary/aromatic N) is 3. The number of ether oxygens (including phenoxy) is 1. The number of hydrogen-bond donors (Lipinski definition) is 1. The predicted molar refractivity (Wildman–Crippen MR) is 100 cm³/mol. The molecule has 7 nitrogen and oxygen atoms in total. The molecule has 2 aliphatic heterocycles. The molecule has 0 bridgehead atoms. The number of benzene rings is 1. The first kappa shape index (κ1) is 20.5. The number of likely N-dealkylation sites (tertiary alicyclic amines) is 1. The van der Waals surface area contributed by atoms with E-state index >= 15 is 0 Å². The number of urea groups is 1. The molecule has 0 radical (unpaired) electrons. The van der Waals surface area contributed by atoms with Crippen molar-refractivity contribution in [2.75, 3.05) is 58.3 Å². The first-order valence-corrected chi connectivity index (χ1v) is 9.52. The molecular formula is C19H26F2N4O3. The van der Waals surface area contributed by atoms with Gasteiger partial charge >= 0.3 is 6.03 Å². The molecular weight excluding hydrogens is 370 g/mol. The summed E-state index contributed by atoms with van der Waals surface area (Å²) >= 11 is 0. The lowest BCUT2D eigenvalue weighted by Crippen LogP contribution is -2.44.